The molecule has 0 aromatic heterocycles. The lowest BCUT2D eigenvalue weighted by Gasteiger charge is -2.54. The number of carboxylic acid groups (broad SMARTS) is 1. The number of hydrogen-bond donors (Lipinski definition) is 3. The molecule has 12 heteroatoms. The number of rotatable bonds is 6. The Bertz CT molecular complexity index is 1220. The number of ether oxygens (including phenoxy) is 1. The molecule has 184 valence electrons. The van der Waals surface area contributed by atoms with Crippen molar-refractivity contribution in [2.45, 2.75) is 48.1 Å². The maximum Gasteiger partial charge on any atom is 0.327 e. The fraction of sp³-hybridized carbons (Fsp3) is 0.364. The van der Waals surface area contributed by atoms with Gasteiger partial charge in [-0.3, -0.25) is 4.79 Å². The van der Waals surface area contributed by atoms with Gasteiger partial charge in [-0.2, -0.15) is 0 Å². The van der Waals surface area contributed by atoms with E-state index in [1.54, 1.807) is 0 Å². The topological polar surface area (TPSA) is 153 Å². The number of benzene rings is 2. The number of carbonyl (C=O) groups is 2. The first kappa shape index (κ1) is 25.7. The summed E-state index contributed by atoms with van der Waals surface area (Å²) >= 11 is 5.98. The Labute approximate surface area is 201 Å². The third-order valence-electron chi connectivity index (χ3n) is 6.37. The Kier molecular flexibility index (Phi) is 6.84. The van der Waals surface area contributed by atoms with Gasteiger partial charge in [-0.1, -0.05) is 17.7 Å². The summed E-state index contributed by atoms with van der Waals surface area (Å²) < 4.78 is 45.7. The van der Waals surface area contributed by atoms with Crippen molar-refractivity contribution < 1.29 is 32.2 Å². The highest BCUT2D eigenvalue weighted by molar-refractivity contribution is 7.92. The van der Waals surface area contributed by atoms with Crippen LogP contribution in [0.3, 0.4) is 0 Å². The summed E-state index contributed by atoms with van der Waals surface area (Å²) in [6.45, 7) is 2.71. The Morgan fingerprint density at radius 1 is 1.24 bits per heavy atom. The summed E-state index contributed by atoms with van der Waals surface area (Å²) in [6, 6.07) is 8.37. The largest absolute Gasteiger partial charge is 0.489 e. The SMILES string of the molecule is CC1(C)N(C(N)=O)CCC(S(=O)(=O)c2ccc(OCc3ccc(F)cc3Cl)cc2)C1(N)C(=O)O. The molecule has 1 aliphatic heterocycles. The normalized spacial score (nSPS) is 22.3. The molecule has 2 atom stereocenters. The van der Waals surface area contributed by atoms with Gasteiger partial charge in [0.1, 0.15) is 18.2 Å². The molecule has 1 aliphatic rings. The third-order valence-corrected chi connectivity index (χ3v) is 9.00. The lowest BCUT2D eigenvalue weighted by molar-refractivity contribution is -0.150. The smallest absolute Gasteiger partial charge is 0.327 e. The van der Waals surface area contributed by atoms with Gasteiger partial charge in [-0.25, -0.2) is 17.6 Å². The first-order valence-electron chi connectivity index (χ1n) is 10.2. The number of carbonyl (C=O) groups excluding carboxylic acids is 1. The monoisotopic (exact) mass is 513 g/mol. The molecule has 0 saturated carbocycles. The maximum absolute atomic E-state index is 13.5. The van der Waals surface area contributed by atoms with Crippen LogP contribution in [0.5, 0.6) is 5.75 Å². The van der Waals surface area contributed by atoms with Gasteiger partial charge >= 0.3 is 12.0 Å². The summed E-state index contributed by atoms with van der Waals surface area (Å²) in [4.78, 5) is 25.0. The second kappa shape index (κ2) is 9.05. The van der Waals surface area contributed by atoms with Gasteiger partial charge in [0.25, 0.3) is 0 Å². The van der Waals surface area contributed by atoms with E-state index in [2.05, 4.69) is 0 Å². The molecule has 9 nitrogen and oxygen atoms in total. The number of likely N-dealkylation sites (tertiary alicyclic amines) is 1. The fourth-order valence-corrected chi connectivity index (χ4v) is 6.61. The van der Waals surface area contributed by atoms with Gasteiger partial charge in [0.15, 0.2) is 15.4 Å². The second-order valence-electron chi connectivity index (χ2n) is 8.54. The zero-order valence-electron chi connectivity index (χ0n) is 18.5. The summed E-state index contributed by atoms with van der Waals surface area (Å²) in [6.07, 6.45) is -0.210. The van der Waals surface area contributed by atoms with Crippen LogP contribution < -0.4 is 16.2 Å². The van der Waals surface area contributed by atoms with Crippen molar-refractivity contribution in [2.24, 2.45) is 11.5 Å². The summed E-state index contributed by atoms with van der Waals surface area (Å²) in [7, 11) is -4.23. The van der Waals surface area contributed by atoms with Gasteiger partial charge < -0.3 is 26.2 Å². The van der Waals surface area contributed by atoms with Gasteiger partial charge in [-0.05, 0) is 56.7 Å². The Hall–Kier alpha value is -2.89. The summed E-state index contributed by atoms with van der Waals surface area (Å²) in [5.41, 5.74) is 8.26. The number of nitrogens with zero attached hydrogens (tertiary/aromatic N) is 1. The molecule has 0 spiro atoms. The molecule has 2 aromatic rings. The van der Waals surface area contributed by atoms with Crippen LogP contribution in [0.4, 0.5) is 9.18 Å². The van der Waals surface area contributed by atoms with Gasteiger partial charge in [-0.15, -0.1) is 0 Å². The van der Waals surface area contributed by atoms with E-state index >= 15 is 0 Å². The summed E-state index contributed by atoms with van der Waals surface area (Å²) in [5, 5.41) is 8.62. The molecule has 0 radical (unpaired) electrons. The number of halogens is 2. The number of urea groups is 1. The zero-order chi connectivity index (χ0) is 25.5. The van der Waals surface area contributed by atoms with Crippen molar-refractivity contribution >= 4 is 33.4 Å². The molecule has 2 unspecified atom stereocenters. The Balaban J connectivity index is 1.87. The highest BCUT2D eigenvalue weighted by atomic mass is 35.5. The van der Waals surface area contributed by atoms with Crippen molar-refractivity contribution in [1.82, 2.24) is 4.90 Å². The van der Waals surface area contributed by atoms with Crippen molar-refractivity contribution in [3.8, 4) is 5.75 Å². The van der Waals surface area contributed by atoms with Gasteiger partial charge in [0.2, 0.25) is 0 Å². The van der Waals surface area contributed by atoms with Gasteiger partial charge in [0.05, 0.1) is 20.7 Å². The molecule has 2 aromatic carbocycles. The average Bonchev–Trinajstić information content (AvgIpc) is 2.74. The minimum Gasteiger partial charge on any atom is -0.489 e. The first-order chi connectivity index (χ1) is 15.7. The first-order valence-corrected chi connectivity index (χ1v) is 12.2. The molecule has 3 rings (SSSR count). The molecule has 5 N–H and O–H groups in total. The van der Waals surface area contributed by atoms with E-state index < -0.39 is 44.0 Å². The third kappa shape index (κ3) is 4.30. The number of sulfone groups is 1. The highest BCUT2D eigenvalue weighted by Gasteiger charge is 2.63. The van der Waals surface area contributed by atoms with Crippen molar-refractivity contribution in [2.75, 3.05) is 6.54 Å². The lowest BCUT2D eigenvalue weighted by atomic mass is 9.72. The summed E-state index contributed by atoms with van der Waals surface area (Å²) in [5.74, 6) is -1.72. The Morgan fingerprint density at radius 2 is 1.85 bits per heavy atom. The number of primary amides is 1. The fourth-order valence-electron chi connectivity index (χ4n) is 4.25. The van der Waals surface area contributed by atoms with E-state index in [0.29, 0.717) is 11.3 Å². The average molecular weight is 514 g/mol. The van der Waals surface area contributed by atoms with Crippen LogP contribution >= 0.6 is 11.6 Å². The number of piperidine rings is 1. The van der Waals surface area contributed by atoms with Crippen LogP contribution in [-0.2, 0) is 21.2 Å². The van der Waals surface area contributed by atoms with Crippen molar-refractivity contribution in [3.05, 3.63) is 58.9 Å². The van der Waals surface area contributed by atoms with Crippen LogP contribution in [0.15, 0.2) is 47.4 Å². The van der Waals surface area contributed by atoms with E-state index in [1.807, 2.05) is 0 Å². The molecular formula is C22H25ClFN3O6S. The number of hydrogen-bond acceptors (Lipinski definition) is 6. The Morgan fingerprint density at radius 3 is 2.38 bits per heavy atom. The molecular weight excluding hydrogens is 489 g/mol. The van der Waals surface area contributed by atoms with Crippen molar-refractivity contribution in [1.29, 1.82) is 0 Å². The van der Waals surface area contributed by atoms with Crippen LogP contribution in [-0.4, -0.2) is 53.3 Å². The predicted octanol–water partition coefficient (Wildman–Crippen LogP) is 2.55. The number of aliphatic carboxylic acids is 1. The van der Waals surface area contributed by atoms with E-state index in [0.717, 1.165) is 11.0 Å². The molecule has 1 heterocycles. The second-order valence-corrected chi connectivity index (χ2v) is 11.1. The van der Waals surface area contributed by atoms with Crippen molar-refractivity contribution in [3.63, 3.8) is 0 Å². The maximum atomic E-state index is 13.5. The van der Waals surface area contributed by atoms with E-state index in [-0.39, 0.29) is 29.5 Å². The highest BCUT2D eigenvalue weighted by Crippen LogP contribution is 2.41. The molecule has 1 fully saturated rings. The molecule has 34 heavy (non-hydrogen) atoms. The predicted molar refractivity (Wildman–Crippen MR) is 123 cm³/mol. The van der Waals surface area contributed by atoms with Crippen LogP contribution in [0, 0.1) is 5.82 Å². The standard InChI is InChI=1S/C22H25ClFN3O6S/c1-21(2)22(26,19(28)29)18(9-10-27(21)20(25)30)34(31,32)16-7-5-15(6-8-16)33-12-13-3-4-14(24)11-17(13)23/h3-8,11,18H,9-10,12,26H2,1-2H3,(H2,25,30)(H,28,29). The number of amides is 2. The van der Waals surface area contributed by atoms with E-state index in [1.165, 1.54) is 50.2 Å². The van der Waals surface area contributed by atoms with E-state index in [4.69, 9.17) is 27.8 Å². The van der Waals surface area contributed by atoms with E-state index in [9.17, 15) is 27.5 Å². The van der Waals surface area contributed by atoms with Crippen LogP contribution in [0.1, 0.15) is 25.8 Å². The number of nitrogens with two attached hydrogens (primary N) is 2. The minimum atomic E-state index is -4.23. The number of carboxylic acids is 1. The zero-order valence-corrected chi connectivity index (χ0v) is 20.1. The molecule has 1 saturated heterocycles. The van der Waals surface area contributed by atoms with Gasteiger partial charge in [0, 0.05) is 12.1 Å². The van der Waals surface area contributed by atoms with Crippen LogP contribution in [0.25, 0.3) is 0 Å². The lowest BCUT2D eigenvalue weighted by Crippen LogP contribution is -2.79. The molecule has 0 aliphatic carbocycles. The minimum absolute atomic E-state index is 0.0237. The molecule has 0 bridgehead atoms. The molecule has 2 amide bonds. The van der Waals surface area contributed by atoms with Crippen LogP contribution in [0.2, 0.25) is 5.02 Å². The quantitative estimate of drug-likeness (QED) is 0.536.